The van der Waals surface area contributed by atoms with Crippen LogP contribution in [0.2, 0.25) is 0 Å². The molecule has 0 saturated carbocycles. The summed E-state index contributed by atoms with van der Waals surface area (Å²) in [5, 5.41) is 19.6. The SMILES string of the molecule is CC(C)C(CC(=O)O)n1nnnc1C1CCCCS1(=O)=O. The van der Waals surface area contributed by atoms with Gasteiger partial charge in [-0.15, -0.1) is 5.10 Å². The van der Waals surface area contributed by atoms with Crippen molar-refractivity contribution in [2.75, 3.05) is 5.75 Å². The van der Waals surface area contributed by atoms with E-state index in [-0.39, 0.29) is 23.9 Å². The molecule has 2 heterocycles. The van der Waals surface area contributed by atoms with Crippen LogP contribution in [0.1, 0.15) is 56.6 Å². The fourth-order valence-corrected chi connectivity index (χ4v) is 4.57. The number of nitrogens with zero attached hydrogens (tertiary/aromatic N) is 4. The molecule has 0 aliphatic carbocycles. The molecule has 0 aromatic carbocycles. The van der Waals surface area contributed by atoms with Crippen LogP contribution in [0.15, 0.2) is 0 Å². The fraction of sp³-hybridized carbons (Fsp3) is 0.833. The topological polar surface area (TPSA) is 115 Å². The van der Waals surface area contributed by atoms with Crippen LogP contribution in [0, 0.1) is 5.92 Å². The lowest BCUT2D eigenvalue weighted by molar-refractivity contribution is -0.138. The molecule has 8 nitrogen and oxygen atoms in total. The number of sulfone groups is 1. The first kappa shape index (κ1) is 15.9. The Morgan fingerprint density at radius 2 is 2.14 bits per heavy atom. The second-order valence-corrected chi connectivity index (χ2v) is 8.05. The second kappa shape index (κ2) is 6.08. The van der Waals surface area contributed by atoms with Crippen LogP contribution in [0.3, 0.4) is 0 Å². The Bertz CT molecular complexity index is 611. The summed E-state index contributed by atoms with van der Waals surface area (Å²) in [5.74, 6) is -0.568. The van der Waals surface area contributed by atoms with Crippen molar-refractivity contribution in [3.05, 3.63) is 5.82 Å². The molecule has 1 fully saturated rings. The molecule has 1 aliphatic heterocycles. The quantitative estimate of drug-likeness (QED) is 0.861. The highest BCUT2D eigenvalue weighted by atomic mass is 32.2. The molecule has 2 rings (SSSR count). The van der Waals surface area contributed by atoms with Gasteiger partial charge < -0.3 is 5.11 Å². The maximum atomic E-state index is 12.2. The van der Waals surface area contributed by atoms with Crippen molar-refractivity contribution in [1.82, 2.24) is 20.2 Å². The molecule has 0 bridgehead atoms. The van der Waals surface area contributed by atoms with Gasteiger partial charge in [0.25, 0.3) is 0 Å². The minimum atomic E-state index is -3.27. The molecule has 1 aromatic heterocycles. The Kier molecular flexibility index (Phi) is 4.60. The summed E-state index contributed by atoms with van der Waals surface area (Å²) in [7, 11) is -3.27. The van der Waals surface area contributed by atoms with Crippen LogP contribution >= 0.6 is 0 Å². The van der Waals surface area contributed by atoms with Gasteiger partial charge in [0.15, 0.2) is 15.7 Å². The van der Waals surface area contributed by atoms with E-state index >= 15 is 0 Å². The van der Waals surface area contributed by atoms with E-state index in [2.05, 4.69) is 15.5 Å². The number of hydrogen-bond donors (Lipinski definition) is 1. The second-order valence-electron chi connectivity index (χ2n) is 5.74. The largest absolute Gasteiger partial charge is 0.481 e. The molecule has 1 saturated heterocycles. The summed E-state index contributed by atoms with van der Waals surface area (Å²) < 4.78 is 25.8. The summed E-state index contributed by atoms with van der Waals surface area (Å²) in [6.45, 7) is 3.74. The smallest absolute Gasteiger partial charge is 0.305 e. The van der Waals surface area contributed by atoms with Crippen LogP contribution in [0.5, 0.6) is 0 Å². The van der Waals surface area contributed by atoms with E-state index in [0.29, 0.717) is 12.8 Å². The maximum absolute atomic E-state index is 12.2. The highest BCUT2D eigenvalue weighted by Gasteiger charge is 2.36. The van der Waals surface area contributed by atoms with E-state index in [1.165, 1.54) is 4.68 Å². The summed E-state index contributed by atoms with van der Waals surface area (Å²) in [5.41, 5.74) is 0. The third-order valence-corrected chi connectivity index (χ3v) is 6.02. The summed E-state index contributed by atoms with van der Waals surface area (Å²) in [6.07, 6.45) is 1.81. The van der Waals surface area contributed by atoms with Crippen LogP contribution < -0.4 is 0 Å². The molecule has 0 radical (unpaired) electrons. The third kappa shape index (κ3) is 3.39. The maximum Gasteiger partial charge on any atom is 0.305 e. The fourth-order valence-electron chi connectivity index (χ4n) is 2.68. The van der Waals surface area contributed by atoms with Gasteiger partial charge in [0.2, 0.25) is 0 Å². The first-order chi connectivity index (χ1) is 9.83. The number of rotatable bonds is 5. The van der Waals surface area contributed by atoms with Crippen molar-refractivity contribution in [3.8, 4) is 0 Å². The van der Waals surface area contributed by atoms with Crippen LogP contribution in [-0.4, -0.2) is 45.5 Å². The molecular formula is C12H20N4O4S. The lowest BCUT2D eigenvalue weighted by Gasteiger charge is -2.25. The van der Waals surface area contributed by atoms with Crippen molar-refractivity contribution >= 4 is 15.8 Å². The Hall–Kier alpha value is -1.51. The Morgan fingerprint density at radius 1 is 1.43 bits per heavy atom. The van der Waals surface area contributed by atoms with E-state index < -0.39 is 27.1 Å². The van der Waals surface area contributed by atoms with Gasteiger partial charge in [0, 0.05) is 0 Å². The molecule has 21 heavy (non-hydrogen) atoms. The normalized spacial score (nSPS) is 23.1. The van der Waals surface area contributed by atoms with Gasteiger partial charge in [-0.25, -0.2) is 13.1 Å². The van der Waals surface area contributed by atoms with Gasteiger partial charge in [0.05, 0.1) is 18.2 Å². The third-order valence-electron chi connectivity index (χ3n) is 3.85. The van der Waals surface area contributed by atoms with Gasteiger partial charge in [-0.3, -0.25) is 4.79 Å². The number of carbonyl (C=O) groups is 1. The predicted octanol–water partition coefficient (Wildman–Crippen LogP) is 0.985. The van der Waals surface area contributed by atoms with E-state index in [0.717, 1.165) is 6.42 Å². The Morgan fingerprint density at radius 3 is 2.71 bits per heavy atom. The Labute approximate surface area is 123 Å². The van der Waals surface area contributed by atoms with Gasteiger partial charge in [-0.05, 0) is 29.2 Å². The molecule has 1 N–H and O–H groups in total. The van der Waals surface area contributed by atoms with Crippen LogP contribution in [0.4, 0.5) is 0 Å². The number of tetrazole rings is 1. The minimum absolute atomic E-state index is 0.0188. The highest BCUT2D eigenvalue weighted by molar-refractivity contribution is 7.91. The van der Waals surface area contributed by atoms with E-state index in [1.807, 2.05) is 13.8 Å². The monoisotopic (exact) mass is 316 g/mol. The zero-order valence-electron chi connectivity index (χ0n) is 12.1. The van der Waals surface area contributed by atoms with Crippen molar-refractivity contribution in [2.24, 2.45) is 5.92 Å². The summed E-state index contributed by atoms with van der Waals surface area (Å²) in [6, 6.07) is -0.454. The molecule has 2 atom stereocenters. The van der Waals surface area contributed by atoms with Gasteiger partial charge in [-0.2, -0.15) is 0 Å². The van der Waals surface area contributed by atoms with E-state index in [4.69, 9.17) is 5.11 Å². The van der Waals surface area contributed by atoms with E-state index in [1.54, 1.807) is 0 Å². The number of aliphatic carboxylic acids is 1. The standard InChI is InChI=1S/C12H20N4O4S/c1-8(2)9(7-11(17)18)16-12(13-14-15-16)10-5-3-4-6-21(10,19)20/h8-10H,3-7H2,1-2H3,(H,17,18). The summed E-state index contributed by atoms with van der Waals surface area (Å²) >= 11 is 0. The highest BCUT2D eigenvalue weighted by Crippen LogP contribution is 2.34. The van der Waals surface area contributed by atoms with E-state index in [9.17, 15) is 13.2 Å². The van der Waals surface area contributed by atoms with Crippen molar-refractivity contribution < 1.29 is 18.3 Å². The molecule has 0 amide bonds. The predicted molar refractivity (Wildman–Crippen MR) is 74.3 cm³/mol. The average molecular weight is 316 g/mol. The van der Waals surface area contributed by atoms with Crippen molar-refractivity contribution in [3.63, 3.8) is 0 Å². The lowest BCUT2D eigenvalue weighted by atomic mass is 10.0. The van der Waals surface area contributed by atoms with Crippen molar-refractivity contribution in [1.29, 1.82) is 0 Å². The first-order valence-corrected chi connectivity index (χ1v) is 8.75. The zero-order valence-corrected chi connectivity index (χ0v) is 13.0. The number of carboxylic acids is 1. The van der Waals surface area contributed by atoms with Gasteiger partial charge >= 0.3 is 5.97 Å². The molecule has 9 heteroatoms. The molecule has 118 valence electrons. The Balaban J connectivity index is 2.39. The summed E-state index contributed by atoms with van der Waals surface area (Å²) in [4.78, 5) is 11.0. The number of hydrogen-bond acceptors (Lipinski definition) is 6. The van der Waals surface area contributed by atoms with Crippen LogP contribution in [-0.2, 0) is 14.6 Å². The molecule has 0 spiro atoms. The number of aromatic nitrogens is 4. The van der Waals surface area contributed by atoms with Crippen LogP contribution in [0.25, 0.3) is 0 Å². The average Bonchev–Trinajstić information content (AvgIpc) is 2.83. The molecular weight excluding hydrogens is 296 g/mol. The van der Waals surface area contributed by atoms with Crippen molar-refractivity contribution in [2.45, 2.75) is 50.8 Å². The minimum Gasteiger partial charge on any atom is -0.481 e. The zero-order chi connectivity index (χ0) is 15.6. The molecule has 2 unspecified atom stereocenters. The molecule has 1 aliphatic rings. The first-order valence-electron chi connectivity index (χ1n) is 7.04. The lowest BCUT2D eigenvalue weighted by Crippen LogP contribution is -2.28. The van der Waals surface area contributed by atoms with Gasteiger partial charge in [-0.1, -0.05) is 20.3 Å². The number of carboxylic acid groups (broad SMARTS) is 1. The van der Waals surface area contributed by atoms with Gasteiger partial charge in [0.1, 0.15) is 5.25 Å². The molecule has 1 aromatic rings.